The smallest absolute Gasteiger partial charge is 0.351 e. The van der Waals surface area contributed by atoms with Gasteiger partial charge in [0.1, 0.15) is 5.82 Å². The second-order valence-corrected chi connectivity index (χ2v) is 6.05. The first-order valence-electron chi connectivity index (χ1n) is 7.76. The van der Waals surface area contributed by atoms with Crippen LogP contribution in [-0.4, -0.2) is 22.9 Å². The molecule has 1 heterocycles. The average Bonchev–Trinajstić information content (AvgIpc) is 2.98. The predicted octanol–water partition coefficient (Wildman–Crippen LogP) is 3.69. The highest BCUT2D eigenvalue weighted by Gasteiger charge is 2.43. The molecule has 0 fully saturated rings. The van der Waals surface area contributed by atoms with Crippen molar-refractivity contribution >= 4 is 29.1 Å². The fourth-order valence-corrected chi connectivity index (χ4v) is 2.42. The van der Waals surface area contributed by atoms with Gasteiger partial charge in [-0.1, -0.05) is 18.5 Å². The Morgan fingerprint density at radius 1 is 1.27 bits per heavy atom. The van der Waals surface area contributed by atoms with Gasteiger partial charge in [0.2, 0.25) is 0 Å². The van der Waals surface area contributed by atoms with Gasteiger partial charge in [0, 0.05) is 25.5 Å². The van der Waals surface area contributed by atoms with Crippen LogP contribution in [0, 0.1) is 5.82 Å². The molecule has 0 atom stereocenters. The summed E-state index contributed by atoms with van der Waals surface area (Å²) in [7, 11) is 1.31. The molecule has 9 heteroatoms. The zero-order chi connectivity index (χ0) is 19.5. The summed E-state index contributed by atoms with van der Waals surface area (Å²) in [6, 6.07) is 4.49. The molecule has 0 aliphatic carbocycles. The van der Waals surface area contributed by atoms with Gasteiger partial charge in [0.15, 0.2) is 0 Å². The Bertz CT molecular complexity index is 837. The summed E-state index contributed by atoms with van der Waals surface area (Å²) < 4.78 is 42.8. The monoisotopic (exact) mass is 387 g/mol. The lowest BCUT2D eigenvalue weighted by molar-refractivity contribution is -0.147. The van der Waals surface area contributed by atoms with Crippen LogP contribution < -0.4 is 10.6 Å². The lowest BCUT2D eigenvalue weighted by atomic mass is 10.2. The van der Waals surface area contributed by atoms with Crippen molar-refractivity contribution in [2.24, 2.45) is 7.05 Å². The lowest BCUT2D eigenvalue weighted by Gasteiger charge is -2.16. The minimum atomic E-state index is -3.79. The molecular formula is C17H17ClF3N3O2. The summed E-state index contributed by atoms with van der Waals surface area (Å²) in [5, 5.41) is 4.38. The highest BCUT2D eigenvalue weighted by molar-refractivity contribution is 6.31. The number of aryl methyl sites for hydroxylation is 1. The number of alkyl halides is 2. The molecule has 1 aromatic carbocycles. The number of benzene rings is 1. The number of anilines is 1. The van der Waals surface area contributed by atoms with Gasteiger partial charge in [-0.25, -0.2) is 4.39 Å². The van der Waals surface area contributed by atoms with Crippen LogP contribution in [0.4, 0.5) is 18.9 Å². The Morgan fingerprint density at radius 3 is 2.58 bits per heavy atom. The van der Waals surface area contributed by atoms with Crippen molar-refractivity contribution < 1.29 is 22.8 Å². The molecule has 0 spiro atoms. The first-order valence-corrected chi connectivity index (χ1v) is 8.14. The summed E-state index contributed by atoms with van der Waals surface area (Å²) in [6.45, 7) is 1.86. The van der Waals surface area contributed by atoms with Crippen molar-refractivity contribution in [1.82, 2.24) is 9.88 Å². The van der Waals surface area contributed by atoms with E-state index >= 15 is 0 Å². The molecule has 2 rings (SSSR count). The van der Waals surface area contributed by atoms with Gasteiger partial charge >= 0.3 is 5.92 Å². The van der Waals surface area contributed by atoms with Crippen molar-refractivity contribution in [3.8, 4) is 0 Å². The summed E-state index contributed by atoms with van der Waals surface area (Å²) in [6.07, 6.45) is 1.69. The third-order valence-electron chi connectivity index (χ3n) is 3.59. The normalized spacial score (nSPS) is 11.3. The van der Waals surface area contributed by atoms with Crippen LogP contribution in [0.15, 0.2) is 30.5 Å². The molecule has 26 heavy (non-hydrogen) atoms. The van der Waals surface area contributed by atoms with Gasteiger partial charge < -0.3 is 15.2 Å². The molecule has 0 radical (unpaired) electrons. The first-order chi connectivity index (χ1) is 12.2. The van der Waals surface area contributed by atoms with E-state index in [0.717, 1.165) is 16.7 Å². The molecule has 140 valence electrons. The zero-order valence-corrected chi connectivity index (χ0v) is 14.8. The molecule has 1 aromatic heterocycles. The lowest BCUT2D eigenvalue weighted by Crippen LogP contribution is -2.39. The maximum atomic E-state index is 14.3. The number of aromatic nitrogens is 1. The maximum absolute atomic E-state index is 14.3. The molecule has 0 unspecified atom stereocenters. The van der Waals surface area contributed by atoms with Gasteiger partial charge in [-0.3, -0.25) is 9.59 Å². The fourth-order valence-electron chi connectivity index (χ4n) is 2.24. The highest BCUT2D eigenvalue weighted by atomic mass is 35.5. The molecule has 2 N–H and O–H groups in total. The van der Waals surface area contributed by atoms with E-state index in [-0.39, 0.29) is 22.8 Å². The SMILES string of the molecule is CCCNC(=O)C(F)(F)c1cc(C(=O)Nc2ccc(F)c(Cl)c2)cn1C. The Kier molecular flexibility index (Phi) is 5.97. The second kappa shape index (κ2) is 7.82. The van der Waals surface area contributed by atoms with Gasteiger partial charge in [-0.15, -0.1) is 0 Å². The molecule has 0 aliphatic heterocycles. The predicted molar refractivity (Wildman–Crippen MR) is 92.0 cm³/mol. The van der Waals surface area contributed by atoms with Crippen molar-refractivity contribution in [2.75, 3.05) is 11.9 Å². The van der Waals surface area contributed by atoms with E-state index in [0.29, 0.717) is 6.42 Å². The number of nitrogens with zero attached hydrogens (tertiary/aromatic N) is 1. The van der Waals surface area contributed by atoms with E-state index in [2.05, 4.69) is 10.6 Å². The first kappa shape index (κ1) is 19.8. The molecule has 2 amide bonds. The number of amides is 2. The highest BCUT2D eigenvalue weighted by Crippen LogP contribution is 2.30. The zero-order valence-electron chi connectivity index (χ0n) is 14.1. The van der Waals surface area contributed by atoms with Crippen molar-refractivity contribution in [1.29, 1.82) is 0 Å². The Balaban J connectivity index is 2.21. The Hall–Kier alpha value is -2.48. The summed E-state index contributed by atoms with van der Waals surface area (Å²) in [4.78, 5) is 23.9. The number of carbonyl (C=O) groups excluding carboxylic acids is 2. The number of nitrogens with one attached hydrogen (secondary N) is 2. The number of carbonyl (C=O) groups is 2. The van der Waals surface area contributed by atoms with Crippen LogP contribution in [0.5, 0.6) is 0 Å². The summed E-state index contributed by atoms with van der Waals surface area (Å²) in [5.74, 6) is -6.57. The number of hydrogen-bond donors (Lipinski definition) is 2. The van der Waals surface area contributed by atoms with E-state index in [1.807, 2.05) is 0 Å². The van der Waals surface area contributed by atoms with Crippen molar-refractivity contribution in [3.05, 3.63) is 52.6 Å². The third kappa shape index (κ3) is 4.19. The molecule has 0 saturated heterocycles. The average molecular weight is 388 g/mol. The Morgan fingerprint density at radius 2 is 1.96 bits per heavy atom. The number of halogens is 4. The van der Waals surface area contributed by atoms with Crippen LogP contribution in [0.25, 0.3) is 0 Å². The molecule has 5 nitrogen and oxygen atoms in total. The van der Waals surface area contributed by atoms with Gasteiger partial charge in [0.05, 0.1) is 16.3 Å². The molecule has 0 saturated carbocycles. The van der Waals surface area contributed by atoms with Crippen LogP contribution >= 0.6 is 11.6 Å². The van der Waals surface area contributed by atoms with E-state index in [1.54, 1.807) is 6.92 Å². The Labute approximate surface area is 153 Å². The fraction of sp³-hybridized carbons (Fsp3) is 0.294. The largest absolute Gasteiger partial charge is 0.364 e. The van der Waals surface area contributed by atoms with E-state index in [1.165, 1.54) is 25.4 Å². The van der Waals surface area contributed by atoms with E-state index in [4.69, 9.17) is 11.6 Å². The van der Waals surface area contributed by atoms with Crippen LogP contribution in [0.2, 0.25) is 5.02 Å². The van der Waals surface area contributed by atoms with Gasteiger partial charge in [-0.05, 0) is 30.7 Å². The molecule has 0 aliphatic rings. The second-order valence-electron chi connectivity index (χ2n) is 5.64. The standard InChI is InChI=1S/C17H17ClF3N3O2/c1-3-6-22-16(26)17(20,21)14-7-10(9-24(14)2)15(25)23-11-4-5-13(19)12(18)8-11/h4-5,7-9H,3,6H2,1-2H3,(H,22,26)(H,23,25). The maximum Gasteiger partial charge on any atom is 0.364 e. The van der Waals surface area contributed by atoms with E-state index < -0.39 is 29.2 Å². The number of rotatable bonds is 6. The third-order valence-corrected chi connectivity index (χ3v) is 3.88. The topological polar surface area (TPSA) is 63.1 Å². The molecular weight excluding hydrogens is 371 g/mol. The minimum absolute atomic E-state index is 0.0779. The van der Waals surface area contributed by atoms with Crippen molar-refractivity contribution in [3.63, 3.8) is 0 Å². The molecule has 2 aromatic rings. The van der Waals surface area contributed by atoms with Crippen LogP contribution in [0.3, 0.4) is 0 Å². The summed E-state index contributed by atoms with van der Waals surface area (Å²) >= 11 is 5.63. The van der Waals surface area contributed by atoms with E-state index in [9.17, 15) is 22.8 Å². The minimum Gasteiger partial charge on any atom is -0.351 e. The van der Waals surface area contributed by atoms with Crippen LogP contribution in [0.1, 0.15) is 29.4 Å². The van der Waals surface area contributed by atoms with Gasteiger partial charge in [0.25, 0.3) is 11.8 Å². The summed E-state index contributed by atoms with van der Waals surface area (Å²) in [5.41, 5.74) is -0.487. The quantitative estimate of drug-likeness (QED) is 0.794. The van der Waals surface area contributed by atoms with Crippen LogP contribution in [-0.2, 0) is 17.8 Å². The van der Waals surface area contributed by atoms with Crippen molar-refractivity contribution in [2.45, 2.75) is 19.3 Å². The van der Waals surface area contributed by atoms with Gasteiger partial charge in [-0.2, -0.15) is 8.78 Å². The molecule has 0 bridgehead atoms. The number of hydrogen-bond acceptors (Lipinski definition) is 2.